The van der Waals surface area contributed by atoms with Gasteiger partial charge in [-0.25, -0.2) is 8.42 Å². The highest BCUT2D eigenvalue weighted by Crippen LogP contribution is 2.32. The first-order valence-corrected chi connectivity index (χ1v) is 8.92. The van der Waals surface area contributed by atoms with Crippen LogP contribution in [0.4, 0.5) is 5.69 Å². The van der Waals surface area contributed by atoms with E-state index in [2.05, 4.69) is 26.0 Å². The molecule has 0 atom stereocenters. The van der Waals surface area contributed by atoms with Gasteiger partial charge in [0.05, 0.1) is 20.1 Å². The minimum atomic E-state index is -3.64. The van der Waals surface area contributed by atoms with Crippen LogP contribution in [0.15, 0.2) is 45.8 Å². The summed E-state index contributed by atoms with van der Waals surface area (Å²) in [5.74, 6) is 0. The van der Waals surface area contributed by atoms with Gasteiger partial charge < -0.3 is 5.32 Å². The average Bonchev–Trinajstić information content (AvgIpc) is 2.91. The van der Waals surface area contributed by atoms with Gasteiger partial charge in [0, 0.05) is 13.1 Å². The number of benzene rings is 2. The van der Waals surface area contributed by atoms with Crippen LogP contribution in [0.2, 0.25) is 5.02 Å². The van der Waals surface area contributed by atoms with E-state index >= 15 is 0 Å². The number of halogens is 2. The number of anilines is 1. The predicted molar refractivity (Wildman–Crippen MR) is 86.9 cm³/mol. The lowest BCUT2D eigenvalue weighted by molar-refractivity contribution is 0.601. The van der Waals surface area contributed by atoms with Crippen molar-refractivity contribution in [2.75, 3.05) is 4.72 Å². The van der Waals surface area contributed by atoms with Gasteiger partial charge in [-0.15, -0.1) is 0 Å². The van der Waals surface area contributed by atoms with Gasteiger partial charge in [-0.05, 0) is 51.3 Å². The molecule has 21 heavy (non-hydrogen) atoms. The van der Waals surface area contributed by atoms with Crippen molar-refractivity contribution in [2.45, 2.75) is 18.0 Å². The van der Waals surface area contributed by atoms with E-state index in [1.165, 1.54) is 0 Å². The first-order valence-electron chi connectivity index (χ1n) is 6.27. The van der Waals surface area contributed by atoms with Crippen molar-refractivity contribution in [1.82, 2.24) is 5.32 Å². The second-order valence-corrected chi connectivity index (χ2v) is 7.62. The van der Waals surface area contributed by atoms with Crippen LogP contribution in [0, 0.1) is 0 Å². The third-order valence-corrected chi connectivity index (χ3v) is 6.08. The molecular formula is C14H12BrClN2O2S. The molecule has 1 aliphatic heterocycles. The summed E-state index contributed by atoms with van der Waals surface area (Å²) in [6, 6.07) is 10.2. The molecule has 1 aliphatic rings. The Labute approximate surface area is 136 Å². The Kier molecular flexibility index (Phi) is 3.96. The van der Waals surface area contributed by atoms with Gasteiger partial charge >= 0.3 is 0 Å². The molecule has 2 aromatic rings. The molecule has 0 amide bonds. The predicted octanol–water partition coefficient (Wildman–Crippen LogP) is 3.51. The van der Waals surface area contributed by atoms with Gasteiger partial charge in [0.25, 0.3) is 10.0 Å². The molecule has 7 heteroatoms. The summed E-state index contributed by atoms with van der Waals surface area (Å²) in [5.41, 5.74) is 2.57. The third kappa shape index (κ3) is 2.94. The summed E-state index contributed by atoms with van der Waals surface area (Å²) >= 11 is 9.26. The van der Waals surface area contributed by atoms with Crippen molar-refractivity contribution < 1.29 is 8.42 Å². The van der Waals surface area contributed by atoms with E-state index in [-0.39, 0.29) is 4.90 Å². The molecule has 0 radical (unpaired) electrons. The minimum absolute atomic E-state index is 0.247. The van der Waals surface area contributed by atoms with Crippen LogP contribution < -0.4 is 10.0 Å². The number of rotatable bonds is 3. The monoisotopic (exact) mass is 386 g/mol. The Morgan fingerprint density at radius 1 is 1.14 bits per heavy atom. The SMILES string of the molecule is O=S(=O)(Nc1cccc(Cl)c1Br)c1ccc2c(c1)CNC2. The first-order chi connectivity index (χ1) is 9.97. The molecule has 0 unspecified atom stereocenters. The van der Waals surface area contributed by atoms with Gasteiger partial charge in [0.1, 0.15) is 0 Å². The van der Waals surface area contributed by atoms with Crippen molar-refractivity contribution in [3.63, 3.8) is 0 Å². The fourth-order valence-corrected chi connectivity index (χ4v) is 4.02. The summed E-state index contributed by atoms with van der Waals surface area (Å²) in [7, 11) is -3.64. The van der Waals surface area contributed by atoms with E-state index in [0.717, 1.165) is 17.7 Å². The Morgan fingerprint density at radius 2 is 1.90 bits per heavy atom. The Hall–Kier alpha value is -1.08. The normalized spacial score (nSPS) is 14.0. The van der Waals surface area contributed by atoms with Crippen molar-refractivity contribution >= 4 is 43.2 Å². The van der Waals surface area contributed by atoms with Crippen LogP contribution in [0.1, 0.15) is 11.1 Å². The van der Waals surface area contributed by atoms with Crippen LogP contribution in [0.3, 0.4) is 0 Å². The van der Waals surface area contributed by atoms with Crippen LogP contribution in [-0.4, -0.2) is 8.42 Å². The summed E-state index contributed by atoms with van der Waals surface area (Å²) in [6.45, 7) is 1.47. The fourth-order valence-electron chi connectivity index (χ4n) is 2.22. The molecule has 0 aromatic heterocycles. The molecule has 0 saturated heterocycles. The van der Waals surface area contributed by atoms with Gasteiger partial charge in [-0.2, -0.15) is 0 Å². The molecule has 1 heterocycles. The zero-order chi connectivity index (χ0) is 15.0. The van der Waals surface area contributed by atoms with E-state index in [1.54, 1.807) is 30.3 Å². The molecule has 0 aliphatic carbocycles. The highest BCUT2D eigenvalue weighted by molar-refractivity contribution is 9.10. The second kappa shape index (κ2) is 5.61. The Bertz CT molecular complexity index is 809. The summed E-state index contributed by atoms with van der Waals surface area (Å²) < 4.78 is 28.0. The summed E-state index contributed by atoms with van der Waals surface area (Å²) in [5, 5.41) is 3.64. The second-order valence-electron chi connectivity index (χ2n) is 4.74. The van der Waals surface area contributed by atoms with Crippen molar-refractivity contribution in [3.8, 4) is 0 Å². The van der Waals surface area contributed by atoms with E-state index < -0.39 is 10.0 Å². The molecule has 0 fully saturated rings. The molecule has 2 N–H and O–H groups in total. The topological polar surface area (TPSA) is 58.2 Å². The van der Waals surface area contributed by atoms with Crippen LogP contribution in [0.5, 0.6) is 0 Å². The van der Waals surface area contributed by atoms with Gasteiger partial charge in [0.15, 0.2) is 0 Å². The molecule has 0 saturated carbocycles. The largest absolute Gasteiger partial charge is 0.309 e. The lowest BCUT2D eigenvalue weighted by Gasteiger charge is -2.11. The maximum atomic E-state index is 12.5. The first kappa shape index (κ1) is 14.8. The maximum Gasteiger partial charge on any atom is 0.261 e. The van der Waals surface area contributed by atoms with Crippen LogP contribution >= 0.6 is 27.5 Å². The maximum absolute atomic E-state index is 12.5. The molecule has 0 spiro atoms. The zero-order valence-corrected chi connectivity index (χ0v) is 14.0. The smallest absolute Gasteiger partial charge is 0.261 e. The Balaban J connectivity index is 1.96. The average molecular weight is 388 g/mol. The summed E-state index contributed by atoms with van der Waals surface area (Å²) in [4.78, 5) is 0.247. The number of sulfonamides is 1. The third-order valence-electron chi connectivity index (χ3n) is 3.31. The fraction of sp³-hybridized carbons (Fsp3) is 0.143. The molecule has 0 bridgehead atoms. The Morgan fingerprint density at radius 3 is 2.71 bits per heavy atom. The molecular weight excluding hydrogens is 376 g/mol. The van der Waals surface area contributed by atoms with Crippen LogP contribution in [-0.2, 0) is 23.1 Å². The molecule has 110 valence electrons. The van der Waals surface area contributed by atoms with Crippen molar-refractivity contribution in [3.05, 3.63) is 57.0 Å². The number of hydrogen-bond donors (Lipinski definition) is 2. The van der Waals surface area contributed by atoms with Gasteiger partial charge in [0.2, 0.25) is 0 Å². The highest BCUT2D eigenvalue weighted by Gasteiger charge is 2.19. The number of nitrogens with one attached hydrogen (secondary N) is 2. The summed E-state index contributed by atoms with van der Waals surface area (Å²) in [6.07, 6.45) is 0. The van der Waals surface area contributed by atoms with Crippen molar-refractivity contribution in [2.24, 2.45) is 0 Å². The standard InChI is InChI=1S/C14H12BrClN2O2S/c15-14-12(16)2-1-3-13(14)18-21(19,20)11-5-4-9-7-17-8-10(9)6-11/h1-6,17-18H,7-8H2. The van der Waals surface area contributed by atoms with Crippen LogP contribution in [0.25, 0.3) is 0 Å². The number of fused-ring (bicyclic) bond motifs is 1. The minimum Gasteiger partial charge on any atom is -0.309 e. The van der Waals surface area contributed by atoms with E-state index in [0.29, 0.717) is 21.7 Å². The van der Waals surface area contributed by atoms with E-state index in [4.69, 9.17) is 11.6 Å². The molecule has 3 rings (SSSR count). The molecule has 2 aromatic carbocycles. The zero-order valence-electron chi connectivity index (χ0n) is 10.9. The lowest BCUT2D eigenvalue weighted by Crippen LogP contribution is -2.13. The number of hydrogen-bond acceptors (Lipinski definition) is 3. The molecule has 4 nitrogen and oxygen atoms in total. The van der Waals surface area contributed by atoms with E-state index in [1.807, 2.05) is 6.07 Å². The van der Waals surface area contributed by atoms with Gasteiger partial charge in [-0.1, -0.05) is 23.7 Å². The van der Waals surface area contributed by atoms with Crippen molar-refractivity contribution in [1.29, 1.82) is 0 Å². The lowest BCUT2D eigenvalue weighted by atomic mass is 10.1. The van der Waals surface area contributed by atoms with E-state index in [9.17, 15) is 8.42 Å². The quantitative estimate of drug-likeness (QED) is 0.847. The highest BCUT2D eigenvalue weighted by atomic mass is 79.9. The van der Waals surface area contributed by atoms with Gasteiger partial charge in [-0.3, -0.25) is 4.72 Å².